The summed E-state index contributed by atoms with van der Waals surface area (Å²) in [6, 6.07) is 7.49. The number of hydrogen-bond acceptors (Lipinski definition) is 6. The number of amides is 1. The van der Waals surface area contributed by atoms with E-state index in [2.05, 4.69) is 20.4 Å². The van der Waals surface area contributed by atoms with Crippen molar-refractivity contribution in [1.29, 1.82) is 0 Å². The third-order valence-corrected chi connectivity index (χ3v) is 6.53. The Morgan fingerprint density at radius 3 is 2.71 bits per heavy atom. The molecule has 1 fully saturated rings. The maximum atomic E-state index is 13.0. The first-order valence-corrected chi connectivity index (χ1v) is 10.6. The van der Waals surface area contributed by atoms with E-state index in [1.54, 1.807) is 15.6 Å². The molecule has 3 heterocycles. The number of nitrogens with zero attached hydrogens (tertiary/aromatic N) is 5. The number of benzene rings is 1. The highest BCUT2D eigenvalue weighted by atomic mass is 16.3. The smallest absolute Gasteiger partial charge is 0.296 e. The van der Waals surface area contributed by atoms with Crippen LogP contribution in [0.25, 0.3) is 5.69 Å². The third-order valence-electron chi connectivity index (χ3n) is 6.53. The van der Waals surface area contributed by atoms with Gasteiger partial charge in [0, 0.05) is 18.5 Å². The monoisotopic (exact) mass is 420 g/mol. The van der Waals surface area contributed by atoms with E-state index in [1.807, 2.05) is 24.3 Å². The van der Waals surface area contributed by atoms with Gasteiger partial charge in [-0.25, -0.2) is 14.6 Å². The normalized spacial score (nSPS) is 16.9. The van der Waals surface area contributed by atoms with Crippen LogP contribution in [-0.4, -0.2) is 35.3 Å². The second-order valence-electron chi connectivity index (χ2n) is 8.33. The van der Waals surface area contributed by atoms with Gasteiger partial charge in [0.1, 0.15) is 18.5 Å². The molecule has 1 aromatic carbocycles. The van der Waals surface area contributed by atoms with Crippen LogP contribution in [0, 0.1) is 0 Å². The molecule has 2 N–H and O–H groups in total. The van der Waals surface area contributed by atoms with Gasteiger partial charge in [0.05, 0.1) is 5.69 Å². The van der Waals surface area contributed by atoms with Crippen molar-refractivity contribution < 1.29 is 9.90 Å². The summed E-state index contributed by atoms with van der Waals surface area (Å²) in [5.41, 5.74) is 0.738. The van der Waals surface area contributed by atoms with Gasteiger partial charge in [-0.05, 0) is 37.3 Å². The standard InChI is InChI=1S/C22H24N6O3/c29-18-17(26-21-22(8-3-4-9-22)10-5-11-27(21)20(18)31)19(30)24-12-15-6-1-2-7-16(15)28-14-23-13-25-28/h1-2,6-7,13-14,29H,3-5,8-12H2,(H,24,30). The van der Waals surface area contributed by atoms with E-state index in [0.29, 0.717) is 12.4 Å². The molecule has 1 saturated carbocycles. The van der Waals surface area contributed by atoms with Crippen LogP contribution in [0.15, 0.2) is 41.7 Å². The van der Waals surface area contributed by atoms with Crippen molar-refractivity contribution >= 4 is 5.91 Å². The molecule has 3 aromatic rings. The fraction of sp³-hybridized carbons (Fsp3) is 0.409. The van der Waals surface area contributed by atoms with Crippen molar-refractivity contribution in [3.63, 3.8) is 0 Å². The highest BCUT2D eigenvalue weighted by molar-refractivity contribution is 5.94. The van der Waals surface area contributed by atoms with Crippen LogP contribution in [-0.2, 0) is 18.5 Å². The van der Waals surface area contributed by atoms with Gasteiger partial charge in [-0.2, -0.15) is 5.10 Å². The number of carbonyl (C=O) groups excluding carboxylic acids is 1. The Bertz CT molecular complexity index is 1180. The fourth-order valence-electron chi connectivity index (χ4n) is 5.00. The summed E-state index contributed by atoms with van der Waals surface area (Å²) in [5.74, 6) is -0.488. The number of aromatic nitrogens is 5. The second kappa shape index (κ2) is 7.64. The Kier molecular flexibility index (Phi) is 4.80. The molecule has 1 spiro atoms. The van der Waals surface area contributed by atoms with Gasteiger partial charge in [-0.15, -0.1) is 0 Å². The quantitative estimate of drug-likeness (QED) is 0.668. The zero-order valence-corrected chi connectivity index (χ0v) is 17.1. The summed E-state index contributed by atoms with van der Waals surface area (Å²) in [7, 11) is 0. The van der Waals surface area contributed by atoms with E-state index in [9.17, 15) is 14.7 Å². The maximum Gasteiger partial charge on any atom is 0.296 e. The van der Waals surface area contributed by atoms with Crippen molar-refractivity contribution in [2.75, 3.05) is 0 Å². The zero-order chi connectivity index (χ0) is 21.4. The number of aromatic hydroxyl groups is 1. The predicted molar refractivity (Wildman–Crippen MR) is 112 cm³/mol. The van der Waals surface area contributed by atoms with Gasteiger partial charge in [-0.1, -0.05) is 31.0 Å². The minimum absolute atomic E-state index is 0.153. The van der Waals surface area contributed by atoms with E-state index in [4.69, 9.17) is 0 Å². The summed E-state index contributed by atoms with van der Waals surface area (Å²) < 4.78 is 3.19. The first kappa shape index (κ1) is 19.5. The van der Waals surface area contributed by atoms with Crippen LogP contribution in [0.3, 0.4) is 0 Å². The Balaban J connectivity index is 1.45. The highest BCUT2D eigenvalue weighted by Gasteiger charge is 2.42. The summed E-state index contributed by atoms with van der Waals surface area (Å²) in [4.78, 5) is 34.3. The van der Waals surface area contributed by atoms with Crippen molar-refractivity contribution in [1.82, 2.24) is 29.6 Å². The summed E-state index contributed by atoms with van der Waals surface area (Å²) in [6.07, 6.45) is 9.01. The Morgan fingerprint density at radius 1 is 1.16 bits per heavy atom. The number of hydrogen-bond donors (Lipinski definition) is 2. The van der Waals surface area contributed by atoms with Crippen LogP contribution in [0.2, 0.25) is 0 Å². The second-order valence-corrected chi connectivity index (χ2v) is 8.33. The lowest BCUT2D eigenvalue weighted by molar-refractivity contribution is 0.0940. The summed E-state index contributed by atoms with van der Waals surface area (Å²) in [5, 5.41) is 17.4. The van der Waals surface area contributed by atoms with E-state index in [1.165, 1.54) is 6.33 Å². The largest absolute Gasteiger partial charge is 0.501 e. The van der Waals surface area contributed by atoms with Crippen molar-refractivity contribution in [3.8, 4) is 11.4 Å². The van der Waals surface area contributed by atoms with Gasteiger partial charge in [0.2, 0.25) is 5.75 Å². The molecule has 31 heavy (non-hydrogen) atoms. The van der Waals surface area contributed by atoms with Crippen LogP contribution in [0.4, 0.5) is 0 Å². The maximum absolute atomic E-state index is 13.0. The summed E-state index contributed by atoms with van der Waals surface area (Å²) in [6.45, 7) is 0.725. The third kappa shape index (κ3) is 3.30. The average Bonchev–Trinajstić information content (AvgIpc) is 3.48. The molecular formula is C22H24N6O3. The molecule has 0 radical (unpaired) electrons. The lowest BCUT2D eigenvalue weighted by atomic mass is 9.78. The molecule has 5 rings (SSSR count). The number of carbonyl (C=O) groups is 1. The van der Waals surface area contributed by atoms with Gasteiger partial charge < -0.3 is 10.4 Å². The van der Waals surface area contributed by atoms with Gasteiger partial charge in [0.15, 0.2) is 5.69 Å². The number of nitrogens with one attached hydrogen (secondary N) is 1. The Labute approximate surface area is 178 Å². The molecule has 2 aromatic heterocycles. The minimum atomic E-state index is -0.583. The van der Waals surface area contributed by atoms with Crippen LogP contribution in [0.1, 0.15) is 60.4 Å². The van der Waals surface area contributed by atoms with Crippen LogP contribution < -0.4 is 10.9 Å². The predicted octanol–water partition coefficient (Wildman–Crippen LogP) is 2.07. The molecule has 9 nitrogen and oxygen atoms in total. The first-order valence-electron chi connectivity index (χ1n) is 10.6. The fourth-order valence-corrected chi connectivity index (χ4v) is 5.00. The minimum Gasteiger partial charge on any atom is -0.501 e. The van der Waals surface area contributed by atoms with Crippen LogP contribution >= 0.6 is 0 Å². The van der Waals surface area contributed by atoms with E-state index in [-0.39, 0.29) is 17.7 Å². The lowest BCUT2D eigenvalue weighted by Gasteiger charge is -2.35. The van der Waals surface area contributed by atoms with Gasteiger partial charge in [-0.3, -0.25) is 14.2 Å². The molecule has 160 valence electrons. The van der Waals surface area contributed by atoms with Gasteiger partial charge >= 0.3 is 0 Å². The molecule has 0 atom stereocenters. The van der Waals surface area contributed by atoms with Crippen molar-refractivity contribution in [3.05, 3.63) is 64.4 Å². The topological polar surface area (TPSA) is 115 Å². The SMILES string of the molecule is O=C(NCc1ccccc1-n1cncn1)c1nc2n(c(=O)c1O)CCCC21CCCC1. The molecule has 0 bridgehead atoms. The zero-order valence-electron chi connectivity index (χ0n) is 17.1. The Hall–Kier alpha value is -3.49. The molecule has 0 unspecified atom stereocenters. The van der Waals surface area contributed by atoms with E-state index in [0.717, 1.165) is 49.8 Å². The molecule has 1 amide bonds. The van der Waals surface area contributed by atoms with E-state index < -0.39 is 17.2 Å². The first-order chi connectivity index (χ1) is 15.1. The molecule has 1 aliphatic heterocycles. The molecule has 9 heteroatoms. The highest BCUT2D eigenvalue weighted by Crippen LogP contribution is 2.45. The van der Waals surface area contributed by atoms with Crippen molar-refractivity contribution in [2.24, 2.45) is 0 Å². The molecular weight excluding hydrogens is 396 g/mol. The number of fused-ring (bicyclic) bond motifs is 2. The molecule has 1 aliphatic carbocycles. The van der Waals surface area contributed by atoms with Crippen LogP contribution in [0.5, 0.6) is 5.75 Å². The molecule has 0 saturated heterocycles. The lowest BCUT2D eigenvalue weighted by Crippen LogP contribution is -2.41. The number of para-hydroxylation sites is 1. The van der Waals surface area contributed by atoms with E-state index >= 15 is 0 Å². The number of rotatable bonds is 4. The Morgan fingerprint density at radius 2 is 1.94 bits per heavy atom. The van der Waals surface area contributed by atoms with Crippen molar-refractivity contribution in [2.45, 2.75) is 57.0 Å². The summed E-state index contributed by atoms with van der Waals surface area (Å²) >= 11 is 0. The average molecular weight is 420 g/mol. The molecule has 2 aliphatic rings. The van der Waals surface area contributed by atoms with Gasteiger partial charge in [0.25, 0.3) is 11.5 Å².